The van der Waals surface area contributed by atoms with Crippen LogP contribution in [0, 0.1) is 5.82 Å². The lowest BCUT2D eigenvalue weighted by atomic mass is 10.1. The molecule has 0 spiro atoms. The lowest BCUT2D eigenvalue weighted by molar-refractivity contribution is -0.129. The molecular weight excluding hydrogens is 425 g/mol. The third-order valence-electron chi connectivity index (χ3n) is 6.30. The maximum Gasteiger partial charge on any atom is 0.321 e. The number of carbonyl (C=O) groups excluding carboxylic acids is 2. The van der Waals surface area contributed by atoms with Gasteiger partial charge in [0.1, 0.15) is 11.6 Å². The number of rotatable bonds is 3. The van der Waals surface area contributed by atoms with E-state index in [1.54, 1.807) is 36.2 Å². The van der Waals surface area contributed by atoms with Crippen LogP contribution in [0.3, 0.4) is 0 Å². The Balaban J connectivity index is 1.37. The fourth-order valence-corrected chi connectivity index (χ4v) is 4.41. The number of aromatic nitrogens is 3. The molecule has 1 aromatic carbocycles. The molecular formula is C23H26FN7O2. The quantitative estimate of drug-likeness (QED) is 0.662. The maximum atomic E-state index is 14.7. The van der Waals surface area contributed by atoms with Gasteiger partial charge in [-0.25, -0.2) is 19.2 Å². The molecule has 3 amide bonds. The number of halogens is 1. The summed E-state index contributed by atoms with van der Waals surface area (Å²) in [7, 11) is 0. The van der Waals surface area contributed by atoms with Crippen molar-refractivity contribution in [1.82, 2.24) is 24.2 Å². The van der Waals surface area contributed by atoms with E-state index in [1.165, 1.54) is 6.07 Å². The van der Waals surface area contributed by atoms with E-state index in [9.17, 15) is 14.0 Å². The highest BCUT2D eigenvalue weighted by Crippen LogP contribution is 2.27. The van der Waals surface area contributed by atoms with Crippen molar-refractivity contribution in [2.24, 2.45) is 0 Å². The Morgan fingerprint density at radius 3 is 2.48 bits per heavy atom. The molecule has 2 aliphatic heterocycles. The number of amides is 3. The highest BCUT2D eigenvalue weighted by molar-refractivity contribution is 5.90. The number of nitrogens with zero attached hydrogens (tertiary/aromatic N) is 6. The highest BCUT2D eigenvalue weighted by atomic mass is 19.1. The molecule has 0 unspecified atom stereocenters. The van der Waals surface area contributed by atoms with Gasteiger partial charge in [0, 0.05) is 63.6 Å². The zero-order valence-electron chi connectivity index (χ0n) is 18.5. The number of urea groups is 1. The lowest BCUT2D eigenvalue weighted by Gasteiger charge is -2.34. The minimum atomic E-state index is -0.418. The van der Waals surface area contributed by atoms with E-state index in [0.717, 1.165) is 31.7 Å². The van der Waals surface area contributed by atoms with Crippen LogP contribution in [0.1, 0.15) is 19.8 Å². The van der Waals surface area contributed by atoms with Gasteiger partial charge in [-0.3, -0.25) is 9.20 Å². The molecule has 1 N–H and O–H groups in total. The number of fused-ring (bicyclic) bond motifs is 1. The third-order valence-corrected chi connectivity index (χ3v) is 6.30. The van der Waals surface area contributed by atoms with Gasteiger partial charge in [0.2, 0.25) is 11.7 Å². The van der Waals surface area contributed by atoms with Crippen LogP contribution in [0.2, 0.25) is 0 Å². The Morgan fingerprint density at radius 1 is 1.00 bits per heavy atom. The van der Waals surface area contributed by atoms with Crippen molar-refractivity contribution in [2.75, 3.05) is 49.5 Å². The molecule has 2 aliphatic rings. The predicted octanol–water partition coefficient (Wildman–Crippen LogP) is 2.83. The van der Waals surface area contributed by atoms with Crippen molar-refractivity contribution >= 4 is 29.2 Å². The van der Waals surface area contributed by atoms with Gasteiger partial charge in [0.05, 0.1) is 11.9 Å². The van der Waals surface area contributed by atoms with Gasteiger partial charge in [-0.2, -0.15) is 0 Å². The SMILES string of the molecule is CC(=O)N1CCN(c2cnc3nc(-c4cc(NC(=O)N5CCCC5)ccc4F)ccn23)CC1. The average Bonchev–Trinajstić information content (AvgIpc) is 3.50. The number of nitrogens with one attached hydrogen (secondary N) is 1. The van der Waals surface area contributed by atoms with Crippen LogP contribution in [0.5, 0.6) is 0 Å². The average molecular weight is 452 g/mol. The fraction of sp³-hybridized carbons (Fsp3) is 0.391. The molecule has 10 heteroatoms. The van der Waals surface area contributed by atoms with Crippen molar-refractivity contribution in [3.8, 4) is 11.3 Å². The monoisotopic (exact) mass is 451 g/mol. The van der Waals surface area contributed by atoms with Gasteiger partial charge < -0.3 is 20.0 Å². The minimum Gasteiger partial charge on any atom is -0.353 e. The van der Waals surface area contributed by atoms with Crippen LogP contribution in [0.4, 0.5) is 20.7 Å². The fourth-order valence-electron chi connectivity index (χ4n) is 4.41. The van der Waals surface area contributed by atoms with Crippen molar-refractivity contribution < 1.29 is 14.0 Å². The molecule has 5 rings (SSSR count). The Labute approximate surface area is 190 Å². The Morgan fingerprint density at radius 2 is 1.76 bits per heavy atom. The van der Waals surface area contributed by atoms with Crippen molar-refractivity contribution in [3.05, 3.63) is 42.5 Å². The topological polar surface area (TPSA) is 86.1 Å². The molecule has 2 fully saturated rings. The summed E-state index contributed by atoms with van der Waals surface area (Å²) in [6, 6.07) is 6.07. The zero-order valence-corrected chi connectivity index (χ0v) is 18.5. The van der Waals surface area contributed by atoms with E-state index < -0.39 is 5.82 Å². The highest BCUT2D eigenvalue weighted by Gasteiger charge is 2.22. The lowest BCUT2D eigenvalue weighted by Crippen LogP contribution is -2.48. The summed E-state index contributed by atoms with van der Waals surface area (Å²) in [6.07, 6.45) is 5.58. The second-order valence-electron chi connectivity index (χ2n) is 8.41. The number of hydrogen-bond acceptors (Lipinski definition) is 5. The first kappa shape index (κ1) is 21.2. The summed E-state index contributed by atoms with van der Waals surface area (Å²) < 4.78 is 16.5. The molecule has 2 saturated heterocycles. The molecule has 172 valence electrons. The number of likely N-dealkylation sites (tertiary alicyclic amines) is 1. The van der Waals surface area contributed by atoms with E-state index in [-0.39, 0.29) is 11.9 Å². The van der Waals surface area contributed by atoms with Crippen LogP contribution in [0.25, 0.3) is 17.0 Å². The number of imidazole rings is 1. The van der Waals surface area contributed by atoms with E-state index in [2.05, 4.69) is 20.2 Å². The first-order chi connectivity index (χ1) is 16.0. The van der Waals surface area contributed by atoms with Gasteiger partial charge in [0.25, 0.3) is 0 Å². The van der Waals surface area contributed by atoms with Crippen LogP contribution in [0.15, 0.2) is 36.7 Å². The van der Waals surface area contributed by atoms with E-state index in [0.29, 0.717) is 48.9 Å². The van der Waals surface area contributed by atoms with E-state index in [1.807, 2.05) is 15.5 Å². The third kappa shape index (κ3) is 4.20. The summed E-state index contributed by atoms with van der Waals surface area (Å²) in [4.78, 5) is 38.7. The number of anilines is 2. The van der Waals surface area contributed by atoms with Gasteiger partial charge in [-0.15, -0.1) is 0 Å². The Hall–Kier alpha value is -3.69. The smallest absolute Gasteiger partial charge is 0.321 e. The molecule has 2 aromatic heterocycles. The van der Waals surface area contributed by atoms with Crippen molar-refractivity contribution in [2.45, 2.75) is 19.8 Å². The van der Waals surface area contributed by atoms with Gasteiger partial charge >= 0.3 is 6.03 Å². The van der Waals surface area contributed by atoms with Gasteiger partial charge in [-0.05, 0) is 37.1 Å². The summed E-state index contributed by atoms with van der Waals surface area (Å²) in [5, 5.41) is 2.85. The van der Waals surface area contributed by atoms with E-state index in [4.69, 9.17) is 0 Å². The Bertz CT molecular complexity index is 1200. The van der Waals surface area contributed by atoms with Gasteiger partial charge in [-0.1, -0.05) is 0 Å². The van der Waals surface area contributed by atoms with Gasteiger partial charge in [0.15, 0.2) is 0 Å². The molecule has 3 aromatic rings. The van der Waals surface area contributed by atoms with Crippen LogP contribution in [-0.4, -0.2) is 75.4 Å². The minimum absolute atomic E-state index is 0.0833. The molecule has 9 nitrogen and oxygen atoms in total. The molecule has 33 heavy (non-hydrogen) atoms. The molecule has 0 saturated carbocycles. The summed E-state index contributed by atoms with van der Waals surface area (Å²) in [5.74, 6) is 1.01. The summed E-state index contributed by atoms with van der Waals surface area (Å²) in [6.45, 7) is 5.81. The number of piperazine rings is 1. The number of carbonyl (C=O) groups is 2. The number of hydrogen-bond donors (Lipinski definition) is 1. The Kier molecular flexibility index (Phi) is 5.57. The van der Waals surface area contributed by atoms with E-state index >= 15 is 0 Å². The standard InChI is InChI=1S/C23H26FN7O2/c1-16(32)28-10-12-29(13-11-28)21-15-25-22-27-20(6-9-31(21)22)18-14-17(4-5-19(18)24)26-23(33)30-7-2-3-8-30/h4-6,9,14-15H,2-3,7-8,10-13H2,1H3,(H,26,33). The van der Waals surface area contributed by atoms with Crippen LogP contribution < -0.4 is 10.2 Å². The molecule has 0 bridgehead atoms. The second-order valence-corrected chi connectivity index (χ2v) is 8.41. The summed E-state index contributed by atoms with van der Waals surface area (Å²) in [5.41, 5.74) is 1.27. The predicted molar refractivity (Wildman–Crippen MR) is 123 cm³/mol. The molecule has 0 aliphatic carbocycles. The summed E-state index contributed by atoms with van der Waals surface area (Å²) >= 11 is 0. The first-order valence-electron chi connectivity index (χ1n) is 11.2. The normalized spacial score (nSPS) is 16.5. The number of benzene rings is 1. The van der Waals surface area contributed by atoms with Crippen molar-refractivity contribution in [1.29, 1.82) is 0 Å². The largest absolute Gasteiger partial charge is 0.353 e. The molecule has 0 radical (unpaired) electrons. The van der Waals surface area contributed by atoms with Crippen molar-refractivity contribution in [3.63, 3.8) is 0 Å². The first-order valence-corrected chi connectivity index (χ1v) is 11.2. The molecule has 0 atom stereocenters. The molecule has 4 heterocycles. The van der Waals surface area contributed by atoms with Crippen LogP contribution >= 0.6 is 0 Å². The zero-order chi connectivity index (χ0) is 22.9. The second kappa shape index (κ2) is 8.68. The maximum absolute atomic E-state index is 14.7. The van der Waals surface area contributed by atoms with Crippen LogP contribution in [-0.2, 0) is 4.79 Å².